The molecular weight excluding hydrogens is 210 g/mol. The molecule has 2 rings (SSSR count). The zero-order chi connectivity index (χ0) is 9.80. The fourth-order valence-electron chi connectivity index (χ4n) is 1.84. The monoisotopic (exact) mass is 227 g/mol. The summed E-state index contributed by atoms with van der Waals surface area (Å²) in [7, 11) is 0. The second-order valence-electron chi connectivity index (χ2n) is 3.88. The Balaban J connectivity index is 0.00000112. The molecule has 84 valence electrons. The van der Waals surface area contributed by atoms with Gasteiger partial charge in [0.25, 0.3) is 0 Å². The maximum absolute atomic E-state index is 4.03. The second-order valence-corrected chi connectivity index (χ2v) is 3.88. The molecule has 0 radical (unpaired) electrons. The first-order valence-corrected chi connectivity index (χ1v) is 5.20. The van der Waals surface area contributed by atoms with Crippen molar-refractivity contribution in [2.24, 2.45) is 0 Å². The van der Waals surface area contributed by atoms with Crippen LogP contribution in [0.4, 0.5) is 0 Å². The molecule has 15 heavy (non-hydrogen) atoms. The first-order chi connectivity index (χ1) is 6.86. The number of piperazine rings is 1. The Hall–Kier alpha value is -0.640. The fourth-order valence-corrected chi connectivity index (χ4v) is 1.84. The van der Waals surface area contributed by atoms with Gasteiger partial charge >= 0.3 is 0 Å². The molecule has 1 aromatic heterocycles. The molecule has 1 atom stereocenters. The zero-order valence-corrected chi connectivity index (χ0v) is 9.83. The van der Waals surface area contributed by atoms with Crippen molar-refractivity contribution < 1.29 is 0 Å². The van der Waals surface area contributed by atoms with E-state index in [2.05, 4.69) is 34.3 Å². The van der Waals surface area contributed by atoms with Crippen molar-refractivity contribution in [2.45, 2.75) is 19.5 Å². The SMILES string of the molecule is CC1CNCCN1Cc1ccncc1.Cl. The number of halogens is 1. The van der Waals surface area contributed by atoms with E-state index in [1.807, 2.05) is 12.4 Å². The highest BCUT2D eigenvalue weighted by Gasteiger charge is 2.17. The van der Waals surface area contributed by atoms with Crippen LogP contribution in [0, 0.1) is 0 Å². The predicted molar refractivity (Wildman–Crippen MR) is 64.2 cm³/mol. The zero-order valence-electron chi connectivity index (χ0n) is 9.02. The molecule has 1 saturated heterocycles. The van der Waals surface area contributed by atoms with Crippen molar-refractivity contribution >= 4 is 12.4 Å². The van der Waals surface area contributed by atoms with Crippen LogP contribution in [-0.4, -0.2) is 35.6 Å². The summed E-state index contributed by atoms with van der Waals surface area (Å²) in [5.74, 6) is 0. The van der Waals surface area contributed by atoms with Gasteiger partial charge in [0.05, 0.1) is 0 Å². The van der Waals surface area contributed by atoms with Gasteiger partial charge in [-0.3, -0.25) is 9.88 Å². The van der Waals surface area contributed by atoms with E-state index in [1.54, 1.807) is 0 Å². The molecular formula is C11H18ClN3. The molecule has 1 fully saturated rings. The van der Waals surface area contributed by atoms with Crippen LogP contribution >= 0.6 is 12.4 Å². The average molecular weight is 228 g/mol. The van der Waals surface area contributed by atoms with Crippen LogP contribution in [0.15, 0.2) is 24.5 Å². The van der Waals surface area contributed by atoms with Gasteiger partial charge in [-0.15, -0.1) is 12.4 Å². The van der Waals surface area contributed by atoms with Gasteiger partial charge < -0.3 is 5.32 Å². The third kappa shape index (κ3) is 3.45. The molecule has 0 spiro atoms. The highest BCUT2D eigenvalue weighted by molar-refractivity contribution is 5.85. The van der Waals surface area contributed by atoms with E-state index in [9.17, 15) is 0 Å². The second kappa shape index (κ2) is 6.05. The van der Waals surface area contributed by atoms with Gasteiger partial charge in [-0.25, -0.2) is 0 Å². The third-order valence-electron chi connectivity index (χ3n) is 2.77. The van der Waals surface area contributed by atoms with E-state index in [-0.39, 0.29) is 12.4 Å². The maximum Gasteiger partial charge on any atom is 0.0271 e. The van der Waals surface area contributed by atoms with E-state index in [1.165, 1.54) is 5.56 Å². The van der Waals surface area contributed by atoms with E-state index in [4.69, 9.17) is 0 Å². The summed E-state index contributed by atoms with van der Waals surface area (Å²) < 4.78 is 0. The first kappa shape index (κ1) is 12.4. The highest BCUT2D eigenvalue weighted by Crippen LogP contribution is 2.08. The van der Waals surface area contributed by atoms with E-state index in [0.717, 1.165) is 26.2 Å². The average Bonchev–Trinajstić information content (AvgIpc) is 2.23. The summed E-state index contributed by atoms with van der Waals surface area (Å²) in [5.41, 5.74) is 1.36. The minimum atomic E-state index is 0. The largest absolute Gasteiger partial charge is 0.314 e. The topological polar surface area (TPSA) is 28.2 Å². The van der Waals surface area contributed by atoms with Gasteiger partial charge in [0, 0.05) is 44.6 Å². The molecule has 1 unspecified atom stereocenters. The van der Waals surface area contributed by atoms with Crippen LogP contribution in [0.1, 0.15) is 12.5 Å². The smallest absolute Gasteiger partial charge is 0.0271 e. The van der Waals surface area contributed by atoms with Gasteiger partial charge in [0.1, 0.15) is 0 Å². The van der Waals surface area contributed by atoms with Gasteiger partial charge in [0.15, 0.2) is 0 Å². The Morgan fingerprint density at radius 1 is 1.47 bits per heavy atom. The van der Waals surface area contributed by atoms with Crippen molar-refractivity contribution in [1.82, 2.24) is 15.2 Å². The van der Waals surface area contributed by atoms with Gasteiger partial charge in [-0.05, 0) is 24.6 Å². The van der Waals surface area contributed by atoms with Crippen LogP contribution < -0.4 is 5.32 Å². The van der Waals surface area contributed by atoms with Gasteiger partial charge in [-0.2, -0.15) is 0 Å². The number of nitrogens with one attached hydrogen (secondary N) is 1. The lowest BCUT2D eigenvalue weighted by molar-refractivity contribution is 0.165. The number of hydrogen-bond acceptors (Lipinski definition) is 3. The van der Waals surface area contributed by atoms with Crippen LogP contribution in [0.5, 0.6) is 0 Å². The number of hydrogen-bond donors (Lipinski definition) is 1. The third-order valence-corrected chi connectivity index (χ3v) is 2.77. The lowest BCUT2D eigenvalue weighted by Crippen LogP contribution is -2.49. The van der Waals surface area contributed by atoms with Crippen LogP contribution in [0.25, 0.3) is 0 Å². The summed E-state index contributed by atoms with van der Waals surface area (Å²) >= 11 is 0. The van der Waals surface area contributed by atoms with Crippen LogP contribution in [0.3, 0.4) is 0 Å². The molecule has 0 amide bonds. The standard InChI is InChI=1S/C11H17N3.ClH/c1-10-8-13-6-7-14(10)9-11-2-4-12-5-3-11;/h2-5,10,13H,6-9H2,1H3;1H. The lowest BCUT2D eigenvalue weighted by atomic mass is 10.2. The summed E-state index contributed by atoms with van der Waals surface area (Å²) in [6.45, 7) is 6.67. The molecule has 1 aliphatic rings. The fraction of sp³-hybridized carbons (Fsp3) is 0.545. The molecule has 2 heterocycles. The molecule has 0 bridgehead atoms. The van der Waals surface area contributed by atoms with Gasteiger partial charge in [-0.1, -0.05) is 0 Å². The molecule has 0 aliphatic carbocycles. The van der Waals surface area contributed by atoms with E-state index < -0.39 is 0 Å². The molecule has 0 saturated carbocycles. The minimum absolute atomic E-state index is 0. The predicted octanol–water partition coefficient (Wildman–Crippen LogP) is 1.30. The Bertz CT molecular complexity index is 278. The molecule has 4 heteroatoms. The number of aromatic nitrogens is 1. The Kier molecular flexibility index (Phi) is 5.02. The van der Waals surface area contributed by atoms with Crippen molar-refractivity contribution in [3.05, 3.63) is 30.1 Å². The number of nitrogens with zero attached hydrogens (tertiary/aromatic N) is 2. The summed E-state index contributed by atoms with van der Waals surface area (Å²) in [6, 6.07) is 4.82. The van der Waals surface area contributed by atoms with Crippen molar-refractivity contribution in [2.75, 3.05) is 19.6 Å². The molecule has 0 aromatic carbocycles. The Labute approximate surface area is 97.3 Å². The maximum atomic E-state index is 4.03. The first-order valence-electron chi connectivity index (χ1n) is 5.20. The lowest BCUT2D eigenvalue weighted by Gasteiger charge is -2.33. The summed E-state index contributed by atoms with van der Waals surface area (Å²) in [5, 5.41) is 3.40. The van der Waals surface area contributed by atoms with E-state index in [0.29, 0.717) is 6.04 Å². The number of rotatable bonds is 2. The Morgan fingerprint density at radius 3 is 2.87 bits per heavy atom. The van der Waals surface area contributed by atoms with Crippen LogP contribution in [-0.2, 0) is 6.54 Å². The summed E-state index contributed by atoms with van der Waals surface area (Å²) in [4.78, 5) is 6.53. The minimum Gasteiger partial charge on any atom is -0.314 e. The molecule has 1 N–H and O–H groups in total. The van der Waals surface area contributed by atoms with Gasteiger partial charge in [0.2, 0.25) is 0 Å². The van der Waals surface area contributed by atoms with Crippen molar-refractivity contribution in [1.29, 1.82) is 0 Å². The van der Waals surface area contributed by atoms with Crippen LogP contribution in [0.2, 0.25) is 0 Å². The molecule has 1 aliphatic heterocycles. The summed E-state index contributed by atoms with van der Waals surface area (Å²) in [6.07, 6.45) is 3.73. The number of pyridine rings is 1. The van der Waals surface area contributed by atoms with Crippen molar-refractivity contribution in [3.8, 4) is 0 Å². The quantitative estimate of drug-likeness (QED) is 0.826. The Morgan fingerprint density at radius 2 is 2.20 bits per heavy atom. The molecule has 3 nitrogen and oxygen atoms in total. The highest BCUT2D eigenvalue weighted by atomic mass is 35.5. The van der Waals surface area contributed by atoms with E-state index >= 15 is 0 Å². The van der Waals surface area contributed by atoms with Crippen molar-refractivity contribution in [3.63, 3.8) is 0 Å². The normalized spacial score (nSPS) is 22.1. The molecule has 1 aromatic rings.